The zero-order valence-electron chi connectivity index (χ0n) is 11.4. The van der Waals surface area contributed by atoms with Gasteiger partial charge in [0.2, 0.25) is 0 Å². The fraction of sp³-hybridized carbons (Fsp3) is 0.500. The lowest BCUT2D eigenvalue weighted by Gasteiger charge is -2.14. The van der Waals surface area contributed by atoms with E-state index in [4.69, 9.17) is 14.2 Å². The Morgan fingerprint density at radius 2 is 2.00 bits per heavy atom. The second kappa shape index (κ2) is 6.89. The van der Waals surface area contributed by atoms with E-state index in [2.05, 4.69) is 0 Å². The van der Waals surface area contributed by atoms with Gasteiger partial charge in [0.15, 0.2) is 11.5 Å². The normalized spacial score (nSPS) is 10.3. The van der Waals surface area contributed by atoms with Crippen LogP contribution in [-0.2, 0) is 4.74 Å². The summed E-state index contributed by atoms with van der Waals surface area (Å²) in [6, 6.07) is 5.03. The van der Waals surface area contributed by atoms with Crippen LogP contribution in [0, 0.1) is 0 Å². The average Bonchev–Trinajstić information content (AvgIpc) is 2.35. The Labute approximate surface area is 108 Å². The molecule has 0 amide bonds. The SMILES string of the molecule is CCCOC(=O)c1ccc(OC)c(OC(C)C)c1. The van der Waals surface area contributed by atoms with Gasteiger partial charge in [-0.15, -0.1) is 0 Å². The number of rotatable bonds is 6. The molecule has 0 saturated heterocycles. The minimum atomic E-state index is -0.340. The van der Waals surface area contributed by atoms with E-state index in [1.165, 1.54) is 0 Å². The van der Waals surface area contributed by atoms with Crippen molar-refractivity contribution in [2.24, 2.45) is 0 Å². The number of carbonyl (C=O) groups excluding carboxylic acids is 1. The standard InChI is InChI=1S/C14H20O4/c1-5-8-17-14(15)11-6-7-12(16-4)13(9-11)18-10(2)3/h6-7,9-10H,5,8H2,1-4H3. The molecule has 0 radical (unpaired) electrons. The van der Waals surface area contributed by atoms with Gasteiger partial charge in [-0.2, -0.15) is 0 Å². The molecular formula is C14H20O4. The van der Waals surface area contributed by atoms with E-state index in [1.807, 2.05) is 20.8 Å². The van der Waals surface area contributed by atoms with Crippen LogP contribution >= 0.6 is 0 Å². The fourth-order valence-electron chi connectivity index (χ4n) is 1.43. The van der Waals surface area contributed by atoms with Gasteiger partial charge in [0.1, 0.15) is 0 Å². The number of hydrogen-bond acceptors (Lipinski definition) is 4. The summed E-state index contributed by atoms with van der Waals surface area (Å²) in [6.07, 6.45) is 0.817. The molecule has 0 fully saturated rings. The van der Waals surface area contributed by atoms with E-state index in [0.717, 1.165) is 6.42 Å². The van der Waals surface area contributed by atoms with Crippen LogP contribution < -0.4 is 9.47 Å². The van der Waals surface area contributed by atoms with Crippen molar-refractivity contribution in [3.05, 3.63) is 23.8 Å². The molecule has 0 aliphatic heterocycles. The van der Waals surface area contributed by atoms with E-state index in [-0.39, 0.29) is 12.1 Å². The Morgan fingerprint density at radius 3 is 2.56 bits per heavy atom. The van der Waals surface area contributed by atoms with Crippen molar-refractivity contribution in [1.82, 2.24) is 0 Å². The highest BCUT2D eigenvalue weighted by Crippen LogP contribution is 2.29. The van der Waals surface area contributed by atoms with Crippen LogP contribution in [0.2, 0.25) is 0 Å². The summed E-state index contributed by atoms with van der Waals surface area (Å²) in [7, 11) is 1.57. The minimum absolute atomic E-state index is 0.0146. The molecule has 0 bridgehead atoms. The Bertz CT molecular complexity index is 399. The van der Waals surface area contributed by atoms with Crippen molar-refractivity contribution in [3.8, 4) is 11.5 Å². The molecule has 1 aromatic rings. The maximum atomic E-state index is 11.7. The van der Waals surface area contributed by atoms with Crippen molar-refractivity contribution >= 4 is 5.97 Å². The molecule has 4 nitrogen and oxygen atoms in total. The lowest BCUT2D eigenvalue weighted by atomic mass is 10.2. The van der Waals surface area contributed by atoms with Crippen molar-refractivity contribution in [1.29, 1.82) is 0 Å². The maximum absolute atomic E-state index is 11.7. The molecule has 1 aromatic carbocycles. The van der Waals surface area contributed by atoms with Gasteiger partial charge in [-0.3, -0.25) is 0 Å². The quantitative estimate of drug-likeness (QED) is 0.730. The molecule has 1 rings (SSSR count). The number of carbonyl (C=O) groups is 1. The third-order valence-corrected chi connectivity index (χ3v) is 2.20. The molecule has 0 aromatic heterocycles. The van der Waals surface area contributed by atoms with Crippen LogP contribution in [0.4, 0.5) is 0 Å². The fourth-order valence-corrected chi connectivity index (χ4v) is 1.43. The number of ether oxygens (including phenoxy) is 3. The number of hydrogen-bond donors (Lipinski definition) is 0. The first kappa shape index (κ1) is 14.4. The first-order valence-corrected chi connectivity index (χ1v) is 6.10. The highest BCUT2D eigenvalue weighted by molar-refractivity contribution is 5.90. The second-order valence-electron chi connectivity index (χ2n) is 4.17. The number of esters is 1. The van der Waals surface area contributed by atoms with Crippen molar-refractivity contribution < 1.29 is 19.0 Å². The monoisotopic (exact) mass is 252 g/mol. The molecule has 0 N–H and O–H groups in total. The van der Waals surface area contributed by atoms with E-state index in [0.29, 0.717) is 23.7 Å². The van der Waals surface area contributed by atoms with Gasteiger partial charge in [0.25, 0.3) is 0 Å². The van der Waals surface area contributed by atoms with Gasteiger partial charge in [-0.1, -0.05) is 6.92 Å². The highest BCUT2D eigenvalue weighted by atomic mass is 16.5. The van der Waals surface area contributed by atoms with Crippen LogP contribution in [0.25, 0.3) is 0 Å². The summed E-state index contributed by atoms with van der Waals surface area (Å²) in [6.45, 7) is 6.21. The van der Waals surface area contributed by atoms with E-state index in [9.17, 15) is 4.79 Å². The van der Waals surface area contributed by atoms with Crippen LogP contribution in [0.3, 0.4) is 0 Å². The topological polar surface area (TPSA) is 44.8 Å². The van der Waals surface area contributed by atoms with Crippen molar-refractivity contribution in [2.45, 2.75) is 33.3 Å². The summed E-state index contributed by atoms with van der Waals surface area (Å²) in [5, 5.41) is 0. The van der Waals surface area contributed by atoms with Gasteiger partial charge >= 0.3 is 5.97 Å². The average molecular weight is 252 g/mol. The van der Waals surface area contributed by atoms with Gasteiger partial charge in [0, 0.05) is 0 Å². The Morgan fingerprint density at radius 1 is 1.28 bits per heavy atom. The van der Waals surface area contributed by atoms with Crippen LogP contribution in [-0.4, -0.2) is 25.8 Å². The van der Waals surface area contributed by atoms with Gasteiger partial charge in [0.05, 0.1) is 25.4 Å². The third-order valence-electron chi connectivity index (χ3n) is 2.20. The third kappa shape index (κ3) is 3.95. The number of benzene rings is 1. The lowest BCUT2D eigenvalue weighted by molar-refractivity contribution is 0.0504. The summed E-state index contributed by atoms with van der Waals surface area (Å²) >= 11 is 0. The largest absolute Gasteiger partial charge is 0.493 e. The van der Waals surface area contributed by atoms with E-state index in [1.54, 1.807) is 25.3 Å². The van der Waals surface area contributed by atoms with E-state index < -0.39 is 0 Å². The van der Waals surface area contributed by atoms with Gasteiger partial charge in [-0.05, 0) is 38.5 Å². The molecule has 0 unspecified atom stereocenters. The molecule has 0 saturated carbocycles. The molecule has 0 heterocycles. The molecule has 0 spiro atoms. The number of methoxy groups -OCH3 is 1. The predicted octanol–water partition coefficient (Wildman–Crippen LogP) is 3.05. The van der Waals surface area contributed by atoms with Crippen LogP contribution in [0.1, 0.15) is 37.6 Å². The zero-order valence-corrected chi connectivity index (χ0v) is 11.4. The summed E-state index contributed by atoms with van der Waals surface area (Å²) < 4.78 is 15.9. The molecule has 0 aliphatic rings. The summed E-state index contributed by atoms with van der Waals surface area (Å²) in [5.41, 5.74) is 0.472. The smallest absolute Gasteiger partial charge is 0.338 e. The molecule has 18 heavy (non-hydrogen) atoms. The van der Waals surface area contributed by atoms with Gasteiger partial charge < -0.3 is 14.2 Å². The Hall–Kier alpha value is -1.71. The first-order valence-electron chi connectivity index (χ1n) is 6.10. The highest BCUT2D eigenvalue weighted by Gasteiger charge is 2.13. The predicted molar refractivity (Wildman–Crippen MR) is 69.3 cm³/mol. The summed E-state index contributed by atoms with van der Waals surface area (Å²) in [5.74, 6) is 0.822. The van der Waals surface area contributed by atoms with Gasteiger partial charge in [-0.25, -0.2) is 4.79 Å². The molecule has 0 aliphatic carbocycles. The van der Waals surface area contributed by atoms with Crippen molar-refractivity contribution in [2.75, 3.05) is 13.7 Å². The minimum Gasteiger partial charge on any atom is -0.493 e. The lowest BCUT2D eigenvalue weighted by Crippen LogP contribution is -2.09. The van der Waals surface area contributed by atoms with Crippen LogP contribution in [0.15, 0.2) is 18.2 Å². The van der Waals surface area contributed by atoms with Crippen molar-refractivity contribution in [3.63, 3.8) is 0 Å². The molecule has 4 heteroatoms. The molecular weight excluding hydrogens is 232 g/mol. The Kier molecular flexibility index (Phi) is 5.49. The summed E-state index contributed by atoms with van der Waals surface area (Å²) in [4.78, 5) is 11.7. The van der Waals surface area contributed by atoms with Crippen LogP contribution in [0.5, 0.6) is 11.5 Å². The zero-order chi connectivity index (χ0) is 13.5. The maximum Gasteiger partial charge on any atom is 0.338 e. The van der Waals surface area contributed by atoms with E-state index >= 15 is 0 Å². The first-order chi connectivity index (χ1) is 8.58. The second-order valence-corrected chi connectivity index (χ2v) is 4.17. The molecule has 100 valence electrons. The Balaban J connectivity index is 2.91. The molecule has 0 atom stereocenters.